The number of benzene rings is 1. The van der Waals surface area contributed by atoms with Gasteiger partial charge >= 0.3 is 0 Å². The molecule has 0 saturated carbocycles. The highest BCUT2D eigenvalue weighted by atomic mass is 19.1. The van der Waals surface area contributed by atoms with Crippen molar-refractivity contribution in [2.75, 3.05) is 29.0 Å². The van der Waals surface area contributed by atoms with Crippen molar-refractivity contribution in [3.05, 3.63) is 35.8 Å². The SMILES string of the molecule is CC1CCC(=N)CN(c2ncc(F)c(Nc3ccc(N)c(C=N)c3)n2)C1. The zero-order chi connectivity index (χ0) is 18.7. The molecule has 0 radical (unpaired) electrons. The van der Waals surface area contributed by atoms with Crippen LogP contribution in [-0.4, -0.2) is 35.0 Å². The van der Waals surface area contributed by atoms with E-state index < -0.39 is 5.82 Å². The lowest BCUT2D eigenvalue weighted by molar-refractivity contribution is 0.550. The summed E-state index contributed by atoms with van der Waals surface area (Å²) >= 11 is 0. The maximum absolute atomic E-state index is 14.2. The third kappa shape index (κ3) is 3.96. The van der Waals surface area contributed by atoms with Crippen LogP contribution in [0.1, 0.15) is 25.3 Å². The van der Waals surface area contributed by atoms with Gasteiger partial charge in [-0.1, -0.05) is 6.92 Å². The summed E-state index contributed by atoms with van der Waals surface area (Å²) in [5, 5.41) is 18.3. The predicted molar refractivity (Wildman–Crippen MR) is 102 cm³/mol. The highest BCUT2D eigenvalue weighted by Crippen LogP contribution is 2.24. The molecule has 1 aromatic carbocycles. The number of anilines is 4. The van der Waals surface area contributed by atoms with Gasteiger partial charge in [0.2, 0.25) is 5.95 Å². The Morgan fingerprint density at radius 2 is 2.23 bits per heavy atom. The van der Waals surface area contributed by atoms with Gasteiger partial charge in [0.15, 0.2) is 11.6 Å². The molecule has 1 saturated heterocycles. The summed E-state index contributed by atoms with van der Waals surface area (Å²) < 4.78 is 14.2. The van der Waals surface area contributed by atoms with Crippen LogP contribution in [0.2, 0.25) is 0 Å². The zero-order valence-corrected chi connectivity index (χ0v) is 14.6. The topological polar surface area (TPSA) is 115 Å². The molecule has 1 aliphatic rings. The Labute approximate surface area is 151 Å². The number of nitrogens with zero attached hydrogens (tertiary/aromatic N) is 3. The summed E-state index contributed by atoms with van der Waals surface area (Å²) in [4.78, 5) is 10.3. The standard InChI is InChI=1S/C18H22FN7/c1-11-2-3-13(21)10-26(9-11)18-23-8-15(19)17(25-18)24-14-4-5-16(22)12(6-14)7-20/h4-8,11,20-21H,2-3,9-10,22H2,1H3,(H,23,24,25). The average Bonchev–Trinajstić information content (AvgIpc) is 2.79. The Morgan fingerprint density at radius 3 is 3.00 bits per heavy atom. The van der Waals surface area contributed by atoms with Crippen LogP contribution in [0.3, 0.4) is 0 Å². The molecule has 2 aromatic rings. The molecule has 0 bridgehead atoms. The van der Waals surface area contributed by atoms with Crippen LogP contribution in [0.5, 0.6) is 0 Å². The minimum atomic E-state index is -0.570. The Morgan fingerprint density at radius 1 is 1.42 bits per heavy atom. The third-order valence-electron chi connectivity index (χ3n) is 4.37. The van der Waals surface area contributed by atoms with Gasteiger partial charge in [-0.3, -0.25) is 0 Å². The van der Waals surface area contributed by atoms with Crippen LogP contribution in [0.4, 0.5) is 27.5 Å². The fraction of sp³-hybridized carbons (Fsp3) is 0.333. The van der Waals surface area contributed by atoms with Gasteiger partial charge in [0.1, 0.15) is 0 Å². The third-order valence-corrected chi connectivity index (χ3v) is 4.37. The van der Waals surface area contributed by atoms with Crippen molar-refractivity contribution in [3.63, 3.8) is 0 Å². The maximum atomic E-state index is 14.2. The molecular formula is C18H22FN7. The molecule has 8 heteroatoms. The van der Waals surface area contributed by atoms with E-state index in [4.69, 9.17) is 16.6 Å². The monoisotopic (exact) mass is 355 g/mol. The van der Waals surface area contributed by atoms with Crippen molar-refractivity contribution in [1.29, 1.82) is 10.8 Å². The van der Waals surface area contributed by atoms with Gasteiger partial charge in [-0.05, 0) is 37.0 Å². The fourth-order valence-electron chi connectivity index (χ4n) is 2.93. The number of hydrogen-bond donors (Lipinski definition) is 4. The molecule has 26 heavy (non-hydrogen) atoms. The first kappa shape index (κ1) is 17.8. The van der Waals surface area contributed by atoms with Gasteiger partial charge in [-0.25, -0.2) is 9.37 Å². The highest BCUT2D eigenvalue weighted by Gasteiger charge is 2.21. The van der Waals surface area contributed by atoms with E-state index in [1.165, 1.54) is 0 Å². The number of hydrogen-bond acceptors (Lipinski definition) is 7. The highest BCUT2D eigenvalue weighted by molar-refractivity contribution is 5.87. The first-order valence-electron chi connectivity index (χ1n) is 8.47. The lowest BCUT2D eigenvalue weighted by Gasteiger charge is -2.23. The number of halogens is 1. The van der Waals surface area contributed by atoms with E-state index in [1.54, 1.807) is 18.2 Å². The molecule has 1 aliphatic heterocycles. The molecule has 1 unspecified atom stereocenters. The van der Waals surface area contributed by atoms with Gasteiger partial charge in [0.05, 0.1) is 12.7 Å². The maximum Gasteiger partial charge on any atom is 0.227 e. The molecule has 1 atom stereocenters. The number of aromatic nitrogens is 2. The lowest BCUT2D eigenvalue weighted by Crippen LogP contribution is -2.32. The number of nitrogens with two attached hydrogens (primary N) is 1. The number of nitrogens with one attached hydrogen (secondary N) is 3. The predicted octanol–water partition coefficient (Wildman–Crippen LogP) is 3.20. The van der Waals surface area contributed by atoms with Crippen molar-refractivity contribution >= 4 is 35.1 Å². The molecule has 1 fully saturated rings. The average molecular weight is 355 g/mol. The Hall–Kier alpha value is -3.03. The second-order valence-electron chi connectivity index (χ2n) is 6.61. The number of nitrogen functional groups attached to an aromatic ring is 1. The van der Waals surface area contributed by atoms with Crippen molar-refractivity contribution in [2.45, 2.75) is 19.8 Å². The van der Waals surface area contributed by atoms with E-state index >= 15 is 0 Å². The second-order valence-corrected chi connectivity index (χ2v) is 6.61. The summed E-state index contributed by atoms with van der Waals surface area (Å²) in [5.74, 6) is 0.296. The van der Waals surface area contributed by atoms with Gasteiger partial charge in [0.25, 0.3) is 0 Å². The minimum Gasteiger partial charge on any atom is -0.398 e. The van der Waals surface area contributed by atoms with Gasteiger partial charge in [-0.15, -0.1) is 0 Å². The largest absolute Gasteiger partial charge is 0.398 e. The zero-order valence-electron chi connectivity index (χ0n) is 14.6. The second kappa shape index (κ2) is 7.47. The molecule has 0 amide bonds. The van der Waals surface area contributed by atoms with Crippen molar-refractivity contribution in [2.24, 2.45) is 5.92 Å². The van der Waals surface area contributed by atoms with Crippen LogP contribution in [0.25, 0.3) is 0 Å². The van der Waals surface area contributed by atoms with Gasteiger partial charge in [0, 0.05) is 35.4 Å². The van der Waals surface area contributed by atoms with E-state index in [9.17, 15) is 4.39 Å². The van der Waals surface area contributed by atoms with E-state index in [0.29, 0.717) is 41.1 Å². The van der Waals surface area contributed by atoms with E-state index in [-0.39, 0.29) is 5.82 Å². The van der Waals surface area contributed by atoms with Crippen LogP contribution in [0, 0.1) is 22.6 Å². The lowest BCUT2D eigenvalue weighted by atomic mass is 10.1. The molecule has 0 spiro atoms. The summed E-state index contributed by atoms with van der Waals surface area (Å²) in [6.07, 6.45) is 4.01. The van der Waals surface area contributed by atoms with Crippen molar-refractivity contribution in [3.8, 4) is 0 Å². The summed E-state index contributed by atoms with van der Waals surface area (Å²) in [5.41, 5.74) is 8.01. The fourth-order valence-corrected chi connectivity index (χ4v) is 2.93. The Kier molecular flexibility index (Phi) is 5.11. The van der Waals surface area contributed by atoms with E-state index in [1.807, 2.05) is 4.90 Å². The molecule has 5 N–H and O–H groups in total. The molecule has 7 nitrogen and oxygen atoms in total. The van der Waals surface area contributed by atoms with Crippen LogP contribution in [-0.2, 0) is 0 Å². The summed E-state index contributed by atoms with van der Waals surface area (Å²) in [7, 11) is 0. The molecule has 3 rings (SSSR count). The minimum absolute atomic E-state index is 0.0548. The van der Waals surface area contributed by atoms with Crippen LogP contribution in [0.15, 0.2) is 24.4 Å². The first-order chi connectivity index (χ1) is 12.5. The van der Waals surface area contributed by atoms with Gasteiger partial charge < -0.3 is 26.8 Å². The molecule has 0 aliphatic carbocycles. The Bertz CT molecular complexity index is 836. The molecular weight excluding hydrogens is 333 g/mol. The summed E-state index contributed by atoms with van der Waals surface area (Å²) in [6.45, 7) is 3.31. The Balaban J connectivity index is 1.88. The van der Waals surface area contributed by atoms with Crippen molar-refractivity contribution in [1.82, 2.24) is 9.97 Å². The quantitative estimate of drug-likeness (QED) is 0.497. The van der Waals surface area contributed by atoms with E-state index in [2.05, 4.69) is 22.2 Å². The smallest absolute Gasteiger partial charge is 0.227 e. The molecule has 136 valence electrons. The van der Waals surface area contributed by atoms with Gasteiger partial charge in [-0.2, -0.15) is 4.98 Å². The normalized spacial score (nSPS) is 17.7. The van der Waals surface area contributed by atoms with Crippen molar-refractivity contribution < 1.29 is 4.39 Å². The van der Waals surface area contributed by atoms with Crippen LogP contribution < -0.4 is 16.0 Å². The summed E-state index contributed by atoms with van der Waals surface area (Å²) in [6, 6.07) is 5.01. The van der Waals surface area contributed by atoms with E-state index in [0.717, 1.165) is 31.8 Å². The molecule has 2 heterocycles. The van der Waals surface area contributed by atoms with Crippen LogP contribution >= 0.6 is 0 Å². The first-order valence-corrected chi connectivity index (χ1v) is 8.47. The molecule has 1 aromatic heterocycles. The number of rotatable bonds is 4.